The van der Waals surface area contributed by atoms with Gasteiger partial charge in [0.1, 0.15) is 6.10 Å². The molecule has 0 spiro atoms. The van der Waals surface area contributed by atoms with Gasteiger partial charge in [-0.3, -0.25) is 9.59 Å². The van der Waals surface area contributed by atoms with Crippen molar-refractivity contribution >= 4 is 11.8 Å². The maximum atomic E-state index is 12.8. The van der Waals surface area contributed by atoms with E-state index in [1.54, 1.807) is 0 Å². The quantitative estimate of drug-likeness (QED) is 0.239. The number of carbonyl (C=O) groups is 2. The maximum absolute atomic E-state index is 12.8. The van der Waals surface area contributed by atoms with Gasteiger partial charge in [-0.15, -0.1) is 0 Å². The molecule has 4 rings (SSSR count). The highest BCUT2D eigenvalue weighted by Crippen LogP contribution is 2.65. The standard InChI is InChI=1S/C31H50O3/c1-5-6-7-8-9-10-11-12-13-28(33)34-27-17-16-26-30-21(2)18-23-19-24(32)14-15-25(23)29(30)22(3)20-31(26,27)4/h19,21-22,25-27,29-30H,5-18,20H2,1-4H3/t21-,22+,25+,26+,27-,29-,30+,31+/m1/s1. The van der Waals surface area contributed by atoms with E-state index in [1.807, 2.05) is 6.08 Å². The van der Waals surface area contributed by atoms with Crippen LogP contribution >= 0.6 is 0 Å². The van der Waals surface area contributed by atoms with Crippen LogP contribution in [0.3, 0.4) is 0 Å². The molecule has 192 valence electrons. The number of hydrogen-bond donors (Lipinski definition) is 0. The molecule has 0 aromatic rings. The lowest BCUT2D eigenvalue weighted by Gasteiger charge is -2.58. The van der Waals surface area contributed by atoms with Crippen molar-refractivity contribution in [3.63, 3.8) is 0 Å². The average Bonchev–Trinajstić information content (AvgIpc) is 3.10. The highest BCUT2D eigenvalue weighted by atomic mass is 16.5. The third-order valence-corrected chi connectivity index (χ3v) is 10.4. The summed E-state index contributed by atoms with van der Waals surface area (Å²) in [6.45, 7) is 9.57. The summed E-state index contributed by atoms with van der Waals surface area (Å²) in [5, 5.41) is 0. The molecule has 4 aliphatic carbocycles. The maximum Gasteiger partial charge on any atom is 0.306 e. The first kappa shape index (κ1) is 26.0. The average molecular weight is 471 g/mol. The number of ketones is 1. The minimum Gasteiger partial charge on any atom is -0.462 e. The van der Waals surface area contributed by atoms with E-state index in [2.05, 4.69) is 27.7 Å². The summed E-state index contributed by atoms with van der Waals surface area (Å²) in [6.07, 6.45) is 19.0. The smallest absolute Gasteiger partial charge is 0.306 e. The van der Waals surface area contributed by atoms with Crippen molar-refractivity contribution in [3.8, 4) is 0 Å². The zero-order valence-corrected chi connectivity index (χ0v) is 22.5. The van der Waals surface area contributed by atoms with Gasteiger partial charge in [0.2, 0.25) is 0 Å². The summed E-state index contributed by atoms with van der Waals surface area (Å²) >= 11 is 0. The predicted octanol–water partition coefficient (Wildman–Crippen LogP) is 8.06. The Kier molecular flexibility index (Phi) is 8.62. The fraction of sp³-hybridized carbons (Fsp3) is 0.871. The van der Waals surface area contributed by atoms with Crippen molar-refractivity contribution in [2.45, 2.75) is 130 Å². The van der Waals surface area contributed by atoms with Gasteiger partial charge < -0.3 is 4.74 Å². The fourth-order valence-electron chi connectivity index (χ4n) is 8.90. The van der Waals surface area contributed by atoms with Gasteiger partial charge in [-0.25, -0.2) is 0 Å². The molecule has 0 N–H and O–H groups in total. The number of unbranched alkanes of at least 4 members (excludes halogenated alkanes) is 7. The Balaban J connectivity index is 1.32. The molecule has 0 unspecified atom stereocenters. The van der Waals surface area contributed by atoms with Crippen LogP contribution in [-0.2, 0) is 14.3 Å². The molecule has 0 radical (unpaired) electrons. The number of hydrogen-bond acceptors (Lipinski definition) is 3. The molecule has 34 heavy (non-hydrogen) atoms. The fourth-order valence-corrected chi connectivity index (χ4v) is 8.90. The molecule has 3 fully saturated rings. The normalized spacial score (nSPS) is 39.1. The van der Waals surface area contributed by atoms with Crippen molar-refractivity contribution < 1.29 is 14.3 Å². The molecular weight excluding hydrogens is 420 g/mol. The number of ether oxygens (including phenoxy) is 1. The van der Waals surface area contributed by atoms with Crippen LogP contribution in [0, 0.1) is 40.9 Å². The molecular formula is C31H50O3. The zero-order chi connectivity index (χ0) is 24.3. The summed E-state index contributed by atoms with van der Waals surface area (Å²) in [5.41, 5.74) is 1.57. The van der Waals surface area contributed by atoms with Crippen molar-refractivity contribution in [3.05, 3.63) is 11.6 Å². The molecule has 0 aromatic heterocycles. The second-order valence-electron chi connectivity index (χ2n) is 12.7. The van der Waals surface area contributed by atoms with Crippen LogP contribution in [-0.4, -0.2) is 17.9 Å². The van der Waals surface area contributed by atoms with Gasteiger partial charge in [-0.05, 0) is 80.1 Å². The van der Waals surface area contributed by atoms with Crippen LogP contribution in [0.15, 0.2) is 11.6 Å². The minimum absolute atomic E-state index is 0.0420. The Morgan fingerprint density at radius 1 is 0.971 bits per heavy atom. The van der Waals surface area contributed by atoms with Gasteiger partial charge in [0.05, 0.1) is 0 Å². The summed E-state index contributed by atoms with van der Waals surface area (Å²) < 4.78 is 6.23. The summed E-state index contributed by atoms with van der Waals surface area (Å²) in [4.78, 5) is 24.9. The van der Waals surface area contributed by atoms with Gasteiger partial charge in [0.25, 0.3) is 0 Å². The van der Waals surface area contributed by atoms with Crippen molar-refractivity contribution in [2.24, 2.45) is 40.9 Å². The molecule has 0 aromatic carbocycles. The highest BCUT2D eigenvalue weighted by molar-refractivity contribution is 5.91. The van der Waals surface area contributed by atoms with E-state index in [4.69, 9.17) is 4.74 Å². The van der Waals surface area contributed by atoms with Crippen LogP contribution in [0.2, 0.25) is 0 Å². The topological polar surface area (TPSA) is 43.4 Å². The first-order valence-electron chi connectivity index (χ1n) is 14.8. The first-order chi connectivity index (χ1) is 16.3. The molecule has 0 amide bonds. The number of fused-ring (bicyclic) bond motifs is 5. The Labute approximate surface area is 208 Å². The van der Waals surface area contributed by atoms with Crippen LogP contribution < -0.4 is 0 Å². The van der Waals surface area contributed by atoms with Gasteiger partial charge in [0, 0.05) is 18.3 Å². The Bertz CT molecular complexity index is 754. The third kappa shape index (κ3) is 5.34. The molecule has 0 heterocycles. The second-order valence-corrected chi connectivity index (χ2v) is 12.7. The largest absolute Gasteiger partial charge is 0.462 e. The lowest BCUT2D eigenvalue weighted by atomic mass is 9.47. The zero-order valence-electron chi connectivity index (χ0n) is 22.5. The SMILES string of the molecule is CCCCCCCCCCC(=O)O[C@@H]1CC[C@H]2[C@H]3[C@H]([C@@H](C)C[C@]12C)[C@H]1CCC(=O)C=C1C[C@H]3C. The third-order valence-electron chi connectivity index (χ3n) is 10.4. The van der Waals surface area contributed by atoms with E-state index < -0.39 is 0 Å². The summed E-state index contributed by atoms with van der Waals surface area (Å²) in [6, 6.07) is 0. The lowest BCUT2D eigenvalue weighted by molar-refractivity contribution is -0.162. The summed E-state index contributed by atoms with van der Waals surface area (Å²) in [7, 11) is 0. The molecule has 3 heteroatoms. The number of esters is 1. The van der Waals surface area contributed by atoms with Crippen molar-refractivity contribution in [1.82, 2.24) is 0 Å². The molecule has 0 aliphatic heterocycles. The molecule has 4 aliphatic rings. The number of rotatable bonds is 10. The molecule has 3 nitrogen and oxygen atoms in total. The first-order valence-corrected chi connectivity index (χ1v) is 14.8. The monoisotopic (exact) mass is 470 g/mol. The minimum atomic E-state index is 0.0420. The van der Waals surface area contributed by atoms with E-state index >= 15 is 0 Å². The van der Waals surface area contributed by atoms with Gasteiger partial charge >= 0.3 is 5.97 Å². The molecule has 3 saturated carbocycles. The van der Waals surface area contributed by atoms with Crippen molar-refractivity contribution in [1.29, 1.82) is 0 Å². The van der Waals surface area contributed by atoms with Crippen LogP contribution in [0.1, 0.15) is 124 Å². The second kappa shape index (κ2) is 11.3. The van der Waals surface area contributed by atoms with Gasteiger partial charge in [-0.2, -0.15) is 0 Å². The number of carbonyl (C=O) groups excluding carboxylic acids is 2. The van der Waals surface area contributed by atoms with Crippen LogP contribution in [0.25, 0.3) is 0 Å². The van der Waals surface area contributed by atoms with E-state index in [9.17, 15) is 9.59 Å². The Hall–Kier alpha value is -1.12. The van der Waals surface area contributed by atoms with Gasteiger partial charge in [0.15, 0.2) is 5.78 Å². The van der Waals surface area contributed by atoms with E-state index in [0.29, 0.717) is 47.7 Å². The number of allylic oxidation sites excluding steroid dienone is 1. The van der Waals surface area contributed by atoms with Crippen molar-refractivity contribution in [2.75, 3.05) is 0 Å². The highest BCUT2D eigenvalue weighted by Gasteiger charge is 2.60. The lowest BCUT2D eigenvalue weighted by Crippen LogP contribution is -2.54. The van der Waals surface area contributed by atoms with Crippen LogP contribution in [0.5, 0.6) is 0 Å². The molecule has 8 atom stereocenters. The Morgan fingerprint density at radius 2 is 1.68 bits per heavy atom. The van der Waals surface area contributed by atoms with E-state index in [-0.39, 0.29) is 17.5 Å². The molecule has 0 saturated heterocycles. The predicted molar refractivity (Wildman–Crippen MR) is 138 cm³/mol. The van der Waals surface area contributed by atoms with Crippen LogP contribution in [0.4, 0.5) is 0 Å². The van der Waals surface area contributed by atoms with Gasteiger partial charge in [-0.1, -0.05) is 78.2 Å². The Morgan fingerprint density at radius 3 is 2.41 bits per heavy atom. The molecule has 0 bridgehead atoms. The van der Waals surface area contributed by atoms with E-state index in [0.717, 1.165) is 38.5 Å². The summed E-state index contributed by atoms with van der Waals surface area (Å²) in [5.74, 6) is 4.31. The van der Waals surface area contributed by atoms with E-state index in [1.165, 1.54) is 56.9 Å².